The fourth-order valence-corrected chi connectivity index (χ4v) is 1.45. The van der Waals surface area contributed by atoms with Crippen LogP contribution in [0, 0.1) is 11.3 Å². The lowest BCUT2D eigenvalue weighted by Crippen LogP contribution is -2.17. The van der Waals surface area contributed by atoms with Crippen molar-refractivity contribution in [1.82, 2.24) is 0 Å². The van der Waals surface area contributed by atoms with Crippen LogP contribution in [0.3, 0.4) is 0 Å². The lowest BCUT2D eigenvalue weighted by molar-refractivity contribution is -0.274. The minimum absolute atomic E-state index is 0.0868. The van der Waals surface area contributed by atoms with E-state index in [2.05, 4.69) is 9.47 Å². The normalized spacial score (nSPS) is 10.8. The molecule has 0 aliphatic carbocycles. The Morgan fingerprint density at radius 1 is 1.45 bits per heavy atom. The summed E-state index contributed by atoms with van der Waals surface area (Å²) in [7, 11) is 0. The highest BCUT2D eigenvalue weighted by Gasteiger charge is 2.32. The first kappa shape index (κ1) is 15.6. The van der Waals surface area contributed by atoms with E-state index in [1.54, 1.807) is 6.92 Å². The molecule has 0 saturated carbocycles. The molecule has 0 fully saturated rings. The van der Waals surface area contributed by atoms with Crippen molar-refractivity contribution in [2.75, 3.05) is 6.61 Å². The van der Waals surface area contributed by atoms with Gasteiger partial charge in [-0.05, 0) is 13.0 Å². The molecular weight excluding hydrogens is 279 g/mol. The van der Waals surface area contributed by atoms with Crippen molar-refractivity contribution in [3.8, 4) is 17.6 Å². The predicted molar refractivity (Wildman–Crippen MR) is 59.8 cm³/mol. The second-order valence-corrected chi connectivity index (χ2v) is 3.62. The number of carbonyl (C=O) groups is 1. The van der Waals surface area contributed by atoms with E-state index in [1.165, 1.54) is 6.07 Å². The van der Waals surface area contributed by atoms with Crippen molar-refractivity contribution in [2.45, 2.75) is 19.7 Å². The fourth-order valence-electron chi connectivity index (χ4n) is 1.45. The van der Waals surface area contributed by atoms with Crippen molar-refractivity contribution in [3.05, 3.63) is 23.3 Å². The van der Waals surface area contributed by atoms with Crippen molar-refractivity contribution < 1.29 is 32.5 Å². The second-order valence-electron chi connectivity index (χ2n) is 3.62. The van der Waals surface area contributed by atoms with E-state index in [1.807, 2.05) is 0 Å². The third-order valence-electron chi connectivity index (χ3n) is 2.16. The van der Waals surface area contributed by atoms with E-state index in [4.69, 9.17) is 5.26 Å². The molecule has 0 heterocycles. The smallest absolute Gasteiger partial charge is 0.506 e. The predicted octanol–water partition coefficient (Wildman–Crippen LogP) is 2.27. The Morgan fingerprint density at radius 3 is 2.60 bits per heavy atom. The average Bonchev–Trinajstić information content (AvgIpc) is 2.31. The summed E-state index contributed by atoms with van der Waals surface area (Å²) in [5.74, 6) is -2.00. The van der Waals surface area contributed by atoms with E-state index in [0.717, 1.165) is 12.1 Å². The number of aromatic hydroxyl groups is 1. The number of benzene rings is 1. The van der Waals surface area contributed by atoms with Crippen LogP contribution in [0.15, 0.2) is 12.1 Å². The molecule has 0 spiro atoms. The maximum absolute atomic E-state index is 12.1. The Kier molecular flexibility index (Phi) is 4.80. The summed E-state index contributed by atoms with van der Waals surface area (Å²) >= 11 is 0. The van der Waals surface area contributed by atoms with Crippen molar-refractivity contribution in [1.29, 1.82) is 5.26 Å². The van der Waals surface area contributed by atoms with Crippen molar-refractivity contribution >= 4 is 5.97 Å². The molecular formula is C12H10F3NO4. The molecule has 1 aromatic rings. The zero-order chi connectivity index (χ0) is 15.3. The van der Waals surface area contributed by atoms with E-state index in [-0.39, 0.29) is 12.2 Å². The number of hydrogen-bond donors (Lipinski definition) is 1. The van der Waals surface area contributed by atoms with E-state index in [0.29, 0.717) is 0 Å². The summed E-state index contributed by atoms with van der Waals surface area (Å²) in [4.78, 5) is 11.3. The molecule has 0 radical (unpaired) electrons. The summed E-state index contributed by atoms with van der Waals surface area (Å²) < 4.78 is 44.7. The van der Waals surface area contributed by atoms with Crippen molar-refractivity contribution in [2.24, 2.45) is 0 Å². The highest BCUT2D eigenvalue weighted by atomic mass is 19.4. The molecule has 1 rings (SSSR count). The number of phenolic OH excluding ortho intramolecular Hbond substituents is 1. The first-order valence-corrected chi connectivity index (χ1v) is 5.44. The van der Waals surface area contributed by atoms with Gasteiger partial charge in [0.1, 0.15) is 17.6 Å². The first-order valence-electron chi connectivity index (χ1n) is 5.44. The van der Waals surface area contributed by atoms with Gasteiger partial charge in [0.25, 0.3) is 0 Å². The van der Waals surface area contributed by atoms with Gasteiger partial charge in [-0.15, -0.1) is 13.2 Å². The lowest BCUT2D eigenvalue weighted by atomic mass is 10.1. The van der Waals surface area contributed by atoms with Gasteiger partial charge < -0.3 is 14.6 Å². The largest absolute Gasteiger partial charge is 0.573 e. The highest BCUT2D eigenvalue weighted by molar-refractivity contribution is 5.74. The molecule has 0 atom stereocenters. The molecule has 0 aliphatic heterocycles. The van der Waals surface area contributed by atoms with E-state index >= 15 is 0 Å². The van der Waals surface area contributed by atoms with Gasteiger partial charge in [0.05, 0.1) is 18.6 Å². The number of carbonyl (C=O) groups excluding carboxylic acids is 1. The summed E-state index contributed by atoms with van der Waals surface area (Å²) in [6.45, 7) is 1.64. The zero-order valence-corrected chi connectivity index (χ0v) is 10.3. The number of alkyl halides is 3. The van der Waals surface area contributed by atoms with Crippen LogP contribution in [0.1, 0.15) is 18.1 Å². The third-order valence-corrected chi connectivity index (χ3v) is 2.16. The van der Waals surface area contributed by atoms with Crippen LogP contribution < -0.4 is 4.74 Å². The number of halogens is 3. The van der Waals surface area contributed by atoms with Crippen LogP contribution in [0.4, 0.5) is 13.2 Å². The second kappa shape index (κ2) is 6.14. The van der Waals surface area contributed by atoms with Gasteiger partial charge in [-0.25, -0.2) is 0 Å². The minimum Gasteiger partial charge on any atom is -0.506 e. The topological polar surface area (TPSA) is 79.5 Å². The van der Waals surface area contributed by atoms with Crippen LogP contribution in [-0.2, 0) is 16.0 Å². The van der Waals surface area contributed by atoms with E-state index < -0.39 is 35.8 Å². The van der Waals surface area contributed by atoms with E-state index in [9.17, 15) is 23.1 Å². The van der Waals surface area contributed by atoms with Gasteiger partial charge in [-0.3, -0.25) is 4.79 Å². The molecule has 20 heavy (non-hydrogen) atoms. The summed E-state index contributed by atoms with van der Waals surface area (Å²) in [5, 5.41) is 18.4. The summed E-state index contributed by atoms with van der Waals surface area (Å²) in [5.41, 5.74) is -0.604. The molecule has 0 amide bonds. The molecule has 0 saturated heterocycles. The molecule has 0 unspecified atom stereocenters. The molecule has 0 bridgehead atoms. The first-order chi connectivity index (χ1) is 9.26. The molecule has 5 nitrogen and oxygen atoms in total. The minimum atomic E-state index is -4.94. The van der Waals surface area contributed by atoms with Crippen LogP contribution in [0.2, 0.25) is 0 Å². The maximum Gasteiger partial charge on any atom is 0.573 e. The number of rotatable bonds is 4. The average molecular weight is 289 g/mol. The van der Waals surface area contributed by atoms with Crippen LogP contribution in [-0.4, -0.2) is 24.0 Å². The SMILES string of the molecule is CCOC(=O)Cc1cc(OC(F)(F)F)cc(C#N)c1O. The van der Waals surface area contributed by atoms with Crippen LogP contribution >= 0.6 is 0 Å². The Bertz CT molecular complexity index is 549. The number of nitriles is 1. The van der Waals surface area contributed by atoms with Gasteiger partial charge in [0, 0.05) is 11.6 Å². The number of nitrogens with zero attached hydrogens (tertiary/aromatic N) is 1. The lowest BCUT2D eigenvalue weighted by Gasteiger charge is -2.12. The fraction of sp³-hybridized carbons (Fsp3) is 0.333. The Morgan fingerprint density at radius 2 is 2.10 bits per heavy atom. The highest BCUT2D eigenvalue weighted by Crippen LogP contribution is 2.31. The van der Waals surface area contributed by atoms with Crippen LogP contribution in [0.5, 0.6) is 11.5 Å². The molecule has 1 N–H and O–H groups in total. The van der Waals surface area contributed by atoms with Gasteiger partial charge >= 0.3 is 12.3 Å². The Hall–Kier alpha value is -2.43. The van der Waals surface area contributed by atoms with Crippen molar-refractivity contribution in [3.63, 3.8) is 0 Å². The summed E-state index contributed by atoms with van der Waals surface area (Å²) in [6.07, 6.45) is -5.41. The Balaban J connectivity index is 3.13. The number of ether oxygens (including phenoxy) is 2. The molecule has 1 aromatic carbocycles. The van der Waals surface area contributed by atoms with Gasteiger partial charge in [0.15, 0.2) is 0 Å². The number of phenols is 1. The van der Waals surface area contributed by atoms with Crippen LogP contribution in [0.25, 0.3) is 0 Å². The molecule has 8 heteroatoms. The maximum atomic E-state index is 12.1. The van der Waals surface area contributed by atoms with Gasteiger partial charge in [0.2, 0.25) is 0 Å². The quantitative estimate of drug-likeness (QED) is 0.860. The standard InChI is InChI=1S/C12H10F3NO4/c1-2-19-10(17)5-7-3-9(20-12(13,14)15)4-8(6-16)11(7)18/h3-4,18H,2,5H2,1H3. The van der Waals surface area contributed by atoms with Gasteiger partial charge in [-0.2, -0.15) is 5.26 Å². The molecule has 0 aromatic heterocycles. The van der Waals surface area contributed by atoms with Gasteiger partial charge in [-0.1, -0.05) is 0 Å². The summed E-state index contributed by atoms with van der Waals surface area (Å²) in [6, 6.07) is 3.09. The molecule has 108 valence electrons. The third kappa shape index (κ3) is 4.35. The Labute approximate surface area is 112 Å². The molecule has 0 aliphatic rings. The number of esters is 1. The monoisotopic (exact) mass is 289 g/mol. The zero-order valence-electron chi connectivity index (χ0n) is 10.3. The number of hydrogen-bond acceptors (Lipinski definition) is 5.